The van der Waals surface area contributed by atoms with Gasteiger partial charge in [-0.3, -0.25) is 9.69 Å². The quantitative estimate of drug-likeness (QED) is 0.789. The van der Waals surface area contributed by atoms with Crippen molar-refractivity contribution in [2.45, 2.75) is 69.4 Å². The van der Waals surface area contributed by atoms with E-state index in [1.165, 1.54) is 64.5 Å². The van der Waals surface area contributed by atoms with Gasteiger partial charge in [0.2, 0.25) is 5.91 Å². The van der Waals surface area contributed by atoms with Crippen LogP contribution in [0.1, 0.15) is 57.8 Å². The number of carbonyl (C=O) groups excluding carboxylic acids is 1. The first-order chi connectivity index (χ1) is 11.3. The van der Waals surface area contributed by atoms with Crippen LogP contribution in [0, 0.1) is 0 Å². The minimum atomic E-state index is 0. The lowest BCUT2D eigenvalue weighted by atomic mass is 9.79. The molecule has 1 aliphatic carbocycles. The number of carbonyl (C=O) groups is 1. The minimum Gasteiger partial charge on any atom is -0.378 e. The Balaban J connectivity index is 0.00000208. The first-order valence-electron chi connectivity index (χ1n) is 9.61. The van der Waals surface area contributed by atoms with Gasteiger partial charge in [0, 0.05) is 31.1 Å². The lowest BCUT2D eigenvalue weighted by molar-refractivity contribution is -0.123. The van der Waals surface area contributed by atoms with Gasteiger partial charge < -0.3 is 15.4 Å². The number of amides is 1. The Morgan fingerprint density at radius 3 is 2.50 bits per heavy atom. The highest BCUT2D eigenvalue weighted by atomic mass is 35.5. The number of halogens is 1. The molecule has 3 aliphatic rings. The number of morpholine rings is 1. The zero-order valence-corrected chi connectivity index (χ0v) is 15.7. The predicted molar refractivity (Wildman–Crippen MR) is 98.7 cm³/mol. The summed E-state index contributed by atoms with van der Waals surface area (Å²) in [6, 6.07) is 0.182. The predicted octanol–water partition coefficient (Wildman–Crippen LogP) is 2.09. The Bertz CT molecular complexity index is 376. The maximum absolute atomic E-state index is 12.4. The van der Waals surface area contributed by atoms with Gasteiger partial charge in [-0.25, -0.2) is 0 Å². The van der Waals surface area contributed by atoms with Crippen molar-refractivity contribution < 1.29 is 9.53 Å². The van der Waals surface area contributed by atoms with Gasteiger partial charge in [0.25, 0.3) is 0 Å². The second kappa shape index (κ2) is 9.95. The molecule has 3 rings (SSSR count). The van der Waals surface area contributed by atoms with E-state index in [-0.39, 0.29) is 29.9 Å². The smallest absolute Gasteiger partial charge is 0.221 e. The van der Waals surface area contributed by atoms with Crippen molar-refractivity contribution in [3.8, 4) is 0 Å². The third-order valence-electron chi connectivity index (χ3n) is 5.86. The largest absolute Gasteiger partial charge is 0.378 e. The van der Waals surface area contributed by atoms with Crippen LogP contribution in [0.15, 0.2) is 0 Å². The number of nitrogens with zero attached hydrogens (tertiary/aromatic N) is 1. The number of ether oxygens (including phenoxy) is 1. The number of nitrogens with one attached hydrogen (secondary N) is 2. The first kappa shape index (κ1) is 20.0. The van der Waals surface area contributed by atoms with Gasteiger partial charge in [0.15, 0.2) is 0 Å². The van der Waals surface area contributed by atoms with Gasteiger partial charge in [-0.15, -0.1) is 12.4 Å². The molecule has 1 unspecified atom stereocenters. The van der Waals surface area contributed by atoms with Crippen LogP contribution in [-0.2, 0) is 9.53 Å². The van der Waals surface area contributed by atoms with Crippen molar-refractivity contribution in [2.24, 2.45) is 0 Å². The summed E-state index contributed by atoms with van der Waals surface area (Å²) in [6.07, 6.45) is 11.0. The van der Waals surface area contributed by atoms with Gasteiger partial charge in [0.05, 0.1) is 13.2 Å². The monoisotopic (exact) mass is 359 g/mol. The fraction of sp³-hybridized carbons (Fsp3) is 0.944. The molecule has 0 aromatic rings. The summed E-state index contributed by atoms with van der Waals surface area (Å²) < 4.78 is 5.44. The Hall–Kier alpha value is -0.360. The molecule has 0 spiro atoms. The van der Waals surface area contributed by atoms with Crippen molar-refractivity contribution in [3.63, 3.8) is 0 Å². The van der Waals surface area contributed by atoms with Crippen LogP contribution in [-0.4, -0.2) is 61.8 Å². The summed E-state index contributed by atoms with van der Waals surface area (Å²) in [5.74, 6) is 0.176. The molecule has 6 heteroatoms. The number of hydrogen-bond acceptors (Lipinski definition) is 4. The third-order valence-corrected chi connectivity index (χ3v) is 5.86. The molecule has 5 nitrogen and oxygen atoms in total. The molecule has 0 bridgehead atoms. The van der Waals surface area contributed by atoms with Gasteiger partial charge in [-0.05, 0) is 38.8 Å². The molecule has 1 amide bonds. The molecule has 1 saturated carbocycles. The maximum atomic E-state index is 12.4. The summed E-state index contributed by atoms with van der Waals surface area (Å²) in [5, 5.41) is 6.63. The minimum absolute atomic E-state index is 0. The number of rotatable bonds is 5. The number of hydrogen-bond donors (Lipinski definition) is 2. The topological polar surface area (TPSA) is 53.6 Å². The van der Waals surface area contributed by atoms with E-state index in [0.717, 1.165) is 19.7 Å². The SMILES string of the molecule is Cl.O=C(CC1COCCN1)NCC1(N2CCCCC2)CCCCC1. The summed E-state index contributed by atoms with van der Waals surface area (Å²) in [7, 11) is 0. The van der Waals surface area contributed by atoms with E-state index in [4.69, 9.17) is 4.74 Å². The molecule has 2 aliphatic heterocycles. The Kier molecular flexibility index (Phi) is 8.28. The van der Waals surface area contributed by atoms with E-state index in [9.17, 15) is 4.79 Å². The van der Waals surface area contributed by atoms with Crippen molar-refractivity contribution in [1.29, 1.82) is 0 Å². The van der Waals surface area contributed by atoms with Crippen molar-refractivity contribution >= 4 is 18.3 Å². The summed E-state index contributed by atoms with van der Waals surface area (Å²) in [6.45, 7) is 5.54. The van der Waals surface area contributed by atoms with E-state index >= 15 is 0 Å². The fourth-order valence-electron chi connectivity index (χ4n) is 4.49. The molecule has 2 heterocycles. The van der Waals surface area contributed by atoms with E-state index in [0.29, 0.717) is 13.0 Å². The highest BCUT2D eigenvalue weighted by Gasteiger charge is 2.38. The molecule has 0 aromatic heterocycles. The third kappa shape index (κ3) is 5.32. The van der Waals surface area contributed by atoms with Crippen LogP contribution in [0.3, 0.4) is 0 Å². The molecule has 1 atom stereocenters. The number of piperidine rings is 1. The van der Waals surface area contributed by atoms with Crippen LogP contribution >= 0.6 is 12.4 Å². The second-order valence-electron chi connectivity index (χ2n) is 7.54. The average molecular weight is 360 g/mol. The van der Waals surface area contributed by atoms with E-state index in [1.54, 1.807) is 0 Å². The summed E-state index contributed by atoms with van der Waals surface area (Å²) >= 11 is 0. The second-order valence-corrected chi connectivity index (χ2v) is 7.54. The summed E-state index contributed by atoms with van der Waals surface area (Å²) in [5.41, 5.74) is 0.227. The Labute approximate surface area is 152 Å². The van der Waals surface area contributed by atoms with Crippen molar-refractivity contribution in [3.05, 3.63) is 0 Å². The molecule has 0 radical (unpaired) electrons. The fourth-order valence-corrected chi connectivity index (χ4v) is 4.49. The van der Waals surface area contributed by atoms with E-state index < -0.39 is 0 Å². The highest BCUT2D eigenvalue weighted by Crippen LogP contribution is 2.35. The summed E-state index contributed by atoms with van der Waals surface area (Å²) in [4.78, 5) is 15.0. The van der Waals surface area contributed by atoms with Crippen molar-refractivity contribution in [2.75, 3.05) is 39.4 Å². The molecule has 24 heavy (non-hydrogen) atoms. The first-order valence-corrected chi connectivity index (χ1v) is 9.61. The van der Waals surface area contributed by atoms with Crippen LogP contribution in [0.5, 0.6) is 0 Å². The zero-order chi connectivity index (χ0) is 16.0. The van der Waals surface area contributed by atoms with Crippen LogP contribution < -0.4 is 10.6 Å². The Morgan fingerprint density at radius 1 is 1.12 bits per heavy atom. The number of likely N-dealkylation sites (tertiary alicyclic amines) is 1. The van der Waals surface area contributed by atoms with E-state index in [2.05, 4.69) is 15.5 Å². The molecule has 2 N–H and O–H groups in total. The molecule has 2 saturated heterocycles. The van der Waals surface area contributed by atoms with Crippen LogP contribution in [0.2, 0.25) is 0 Å². The van der Waals surface area contributed by atoms with Gasteiger partial charge in [-0.2, -0.15) is 0 Å². The lowest BCUT2D eigenvalue weighted by Crippen LogP contribution is -2.58. The van der Waals surface area contributed by atoms with Crippen LogP contribution in [0.4, 0.5) is 0 Å². The average Bonchev–Trinajstić information content (AvgIpc) is 2.62. The van der Waals surface area contributed by atoms with Gasteiger partial charge in [0.1, 0.15) is 0 Å². The molecule has 3 fully saturated rings. The zero-order valence-electron chi connectivity index (χ0n) is 14.9. The lowest BCUT2D eigenvalue weighted by Gasteiger charge is -2.48. The molecular formula is C18H34ClN3O2. The normalized spacial score (nSPS) is 27.9. The van der Waals surface area contributed by atoms with Crippen LogP contribution in [0.25, 0.3) is 0 Å². The molecule has 140 valence electrons. The molecule has 0 aromatic carbocycles. The van der Waals surface area contributed by atoms with E-state index in [1.807, 2.05) is 0 Å². The van der Waals surface area contributed by atoms with Crippen molar-refractivity contribution in [1.82, 2.24) is 15.5 Å². The highest BCUT2D eigenvalue weighted by molar-refractivity contribution is 5.85. The van der Waals surface area contributed by atoms with Gasteiger partial charge in [-0.1, -0.05) is 25.7 Å². The standard InChI is InChI=1S/C18H33N3O2.ClH/c22-17(13-16-14-23-12-9-19-16)20-15-18(7-3-1-4-8-18)21-10-5-2-6-11-21;/h16,19H,1-15H2,(H,20,22);1H. The molecular weight excluding hydrogens is 326 g/mol. The Morgan fingerprint density at radius 2 is 1.83 bits per heavy atom. The maximum Gasteiger partial charge on any atom is 0.221 e. The van der Waals surface area contributed by atoms with Gasteiger partial charge >= 0.3 is 0 Å².